The molecule has 1 fully saturated rings. The lowest BCUT2D eigenvalue weighted by Crippen LogP contribution is -2.05. The van der Waals surface area contributed by atoms with Crippen molar-refractivity contribution in [1.29, 1.82) is 0 Å². The fraction of sp³-hybridized carbons (Fsp3) is 0.500. The van der Waals surface area contributed by atoms with Gasteiger partial charge in [-0.25, -0.2) is 8.42 Å². The normalized spacial score (nSPS) is 18.6. The third kappa shape index (κ3) is 2.77. The molecule has 0 bridgehead atoms. The first-order chi connectivity index (χ1) is 7.57. The second kappa shape index (κ2) is 4.76. The largest absolute Gasteiger partial charge is 0.261 e. The lowest BCUT2D eigenvalue weighted by atomic mass is 9.84. The number of hydrogen-bond acceptors (Lipinski definition) is 2. The summed E-state index contributed by atoms with van der Waals surface area (Å²) < 4.78 is 22.5. The Morgan fingerprint density at radius 1 is 1.12 bits per heavy atom. The Kier molecular flexibility index (Phi) is 3.55. The van der Waals surface area contributed by atoms with Gasteiger partial charge < -0.3 is 0 Å². The third-order valence-corrected chi connectivity index (χ3v) is 4.57. The Morgan fingerprint density at radius 2 is 1.81 bits per heavy atom. The van der Waals surface area contributed by atoms with E-state index in [0.29, 0.717) is 5.92 Å². The third-order valence-electron chi connectivity index (χ3n) is 3.22. The molecule has 0 spiro atoms. The van der Waals surface area contributed by atoms with E-state index in [4.69, 9.17) is 10.7 Å². The van der Waals surface area contributed by atoms with E-state index in [0.717, 1.165) is 18.4 Å². The summed E-state index contributed by atoms with van der Waals surface area (Å²) in [5.74, 6) is 0.507. The average molecular weight is 259 g/mol. The van der Waals surface area contributed by atoms with Crippen LogP contribution in [0.5, 0.6) is 0 Å². The van der Waals surface area contributed by atoms with Crippen molar-refractivity contribution in [1.82, 2.24) is 0 Å². The highest BCUT2D eigenvalue weighted by Gasteiger charge is 2.17. The topological polar surface area (TPSA) is 34.1 Å². The fourth-order valence-electron chi connectivity index (χ4n) is 2.36. The van der Waals surface area contributed by atoms with E-state index < -0.39 is 9.05 Å². The minimum atomic E-state index is -3.59. The van der Waals surface area contributed by atoms with Crippen molar-refractivity contribution in [3.05, 3.63) is 29.8 Å². The van der Waals surface area contributed by atoms with Crippen molar-refractivity contribution in [3.8, 4) is 0 Å². The second-order valence-electron chi connectivity index (χ2n) is 4.35. The van der Waals surface area contributed by atoms with Crippen LogP contribution in [0.25, 0.3) is 0 Å². The zero-order valence-corrected chi connectivity index (χ0v) is 10.6. The molecule has 0 saturated heterocycles. The zero-order chi connectivity index (χ0) is 11.6. The molecule has 0 N–H and O–H groups in total. The first-order valence-corrected chi connectivity index (χ1v) is 7.93. The Morgan fingerprint density at radius 3 is 2.44 bits per heavy atom. The number of hydrogen-bond donors (Lipinski definition) is 0. The molecule has 1 saturated carbocycles. The number of halogens is 1. The van der Waals surface area contributed by atoms with Crippen LogP contribution in [0, 0.1) is 0 Å². The van der Waals surface area contributed by atoms with Crippen LogP contribution in [0.3, 0.4) is 0 Å². The van der Waals surface area contributed by atoms with E-state index in [9.17, 15) is 8.42 Å². The van der Waals surface area contributed by atoms with Gasteiger partial charge in [-0.1, -0.05) is 31.4 Å². The van der Waals surface area contributed by atoms with Crippen molar-refractivity contribution in [3.63, 3.8) is 0 Å². The zero-order valence-electron chi connectivity index (χ0n) is 9.02. The van der Waals surface area contributed by atoms with Crippen LogP contribution in [-0.4, -0.2) is 8.42 Å². The van der Waals surface area contributed by atoms with E-state index in [1.807, 2.05) is 6.07 Å². The molecule has 0 amide bonds. The molecule has 1 aromatic rings. The van der Waals surface area contributed by atoms with Gasteiger partial charge in [0.2, 0.25) is 0 Å². The Balaban J connectivity index is 2.28. The lowest BCUT2D eigenvalue weighted by molar-refractivity contribution is 0.443. The molecular weight excluding hydrogens is 244 g/mol. The van der Waals surface area contributed by atoms with E-state index in [1.165, 1.54) is 19.3 Å². The fourth-order valence-corrected chi connectivity index (χ4v) is 3.16. The van der Waals surface area contributed by atoms with Crippen molar-refractivity contribution in [2.75, 3.05) is 0 Å². The summed E-state index contributed by atoms with van der Waals surface area (Å²) in [6.07, 6.45) is 6.09. The van der Waals surface area contributed by atoms with Crippen LogP contribution < -0.4 is 0 Å². The van der Waals surface area contributed by atoms with Crippen LogP contribution >= 0.6 is 10.7 Å². The van der Waals surface area contributed by atoms with Gasteiger partial charge in [0.15, 0.2) is 0 Å². The highest BCUT2D eigenvalue weighted by molar-refractivity contribution is 8.13. The van der Waals surface area contributed by atoms with Gasteiger partial charge in [0.05, 0.1) is 4.90 Å². The molecule has 1 aliphatic rings. The molecule has 0 atom stereocenters. The molecule has 0 radical (unpaired) electrons. The summed E-state index contributed by atoms with van der Waals surface area (Å²) in [5, 5.41) is 0. The average Bonchev–Trinajstić information content (AvgIpc) is 2.29. The molecule has 1 aromatic carbocycles. The quantitative estimate of drug-likeness (QED) is 0.759. The number of benzene rings is 1. The Bertz CT molecular complexity index is 462. The summed E-state index contributed by atoms with van der Waals surface area (Å²) in [4.78, 5) is 0.220. The van der Waals surface area contributed by atoms with Gasteiger partial charge in [-0.2, -0.15) is 0 Å². The maximum atomic E-state index is 11.2. The van der Waals surface area contributed by atoms with Crippen LogP contribution in [0.2, 0.25) is 0 Å². The summed E-state index contributed by atoms with van der Waals surface area (Å²) in [6.45, 7) is 0. The first-order valence-electron chi connectivity index (χ1n) is 5.62. The summed E-state index contributed by atoms with van der Waals surface area (Å²) >= 11 is 0. The van der Waals surface area contributed by atoms with Gasteiger partial charge in [0.1, 0.15) is 0 Å². The van der Waals surface area contributed by atoms with Crippen LogP contribution in [0.1, 0.15) is 43.6 Å². The molecule has 2 rings (SSSR count). The number of rotatable bonds is 2. The Hall–Kier alpha value is -0.540. The molecule has 0 unspecified atom stereocenters. The van der Waals surface area contributed by atoms with E-state index in [1.54, 1.807) is 18.2 Å². The van der Waals surface area contributed by atoms with Crippen LogP contribution in [0.15, 0.2) is 29.2 Å². The molecule has 2 nitrogen and oxygen atoms in total. The van der Waals surface area contributed by atoms with Crippen LogP contribution in [-0.2, 0) is 9.05 Å². The SMILES string of the molecule is O=S(=O)(Cl)c1cccc(C2CCCCC2)c1. The monoisotopic (exact) mass is 258 g/mol. The van der Waals surface area contributed by atoms with Gasteiger partial charge in [-0.15, -0.1) is 0 Å². The van der Waals surface area contributed by atoms with Gasteiger partial charge in [0, 0.05) is 10.7 Å². The second-order valence-corrected chi connectivity index (χ2v) is 6.91. The highest BCUT2D eigenvalue weighted by Crippen LogP contribution is 2.33. The summed E-state index contributed by atoms with van der Waals surface area (Å²) in [7, 11) is 1.75. The predicted octanol–water partition coefficient (Wildman–Crippen LogP) is 3.66. The van der Waals surface area contributed by atoms with Gasteiger partial charge in [0.25, 0.3) is 9.05 Å². The van der Waals surface area contributed by atoms with E-state index >= 15 is 0 Å². The van der Waals surface area contributed by atoms with Crippen molar-refractivity contribution in [2.45, 2.75) is 42.9 Å². The molecule has 1 aliphatic carbocycles. The molecule has 0 aliphatic heterocycles. The molecular formula is C12H15ClO2S. The van der Waals surface area contributed by atoms with Crippen molar-refractivity contribution in [2.24, 2.45) is 0 Å². The highest BCUT2D eigenvalue weighted by atomic mass is 35.7. The van der Waals surface area contributed by atoms with Gasteiger partial charge in [-0.05, 0) is 36.5 Å². The van der Waals surface area contributed by atoms with Crippen molar-refractivity contribution < 1.29 is 8.42 Å². The van der Waals surface area contributed by atoms with Crippen LogP contribution in [0.4, 0.5) is 0 Å². The predicted molar refractivity (Wildman–Crippen MR) is 65.3 cm³/mol. The maximum Gasteiger partial charge on any atom is 0.261 e. The summed E-state index contributed by atoms with van der Waals surface area (Å²) in [6, 6.07) is 7.05. The van der Waals surface area contributed by atoms with Gasteiger partial charge in [-0.3, -0.25) is 0 Å². The standard InChI is InChI=1S/C12H15ClO2S/c13-16(14,15)12-8-4-7-11(9-12)10-5-2-1-3-6-10/h4,7-10H,1-3,5-6H2. The molecule has 0 heterocycles. The molecule has 0 aromatic heterocycles. The molecule has 88 valence electrons. The van der Waals surface area contributed by atoms with Crippen molar-refractivity contribution >= 4 is 19.7 Å². The van der Waals surface area contributed by atoms with E-state index in [-0.39, 0.29) is 4.90 Å². The summed E-state index contributed by atoms with van der Waals surface area (Å²) in [5.41, 5.74) is 1.11. The Labute approximate surface area is 101 Å². The first kappa shape index (κ1) is 11.9. The van der Waals surface area contributed by atoms with Gasteiger partial charge >= 0.3 is 0 Å². The minimum absolute atomic E-state index is 0.220. The minimum Gasteiger partial charge on any atom is -0.207 e. The van der Waals surface area contributed by atoms with E-state index in [2.05, 4.69) is 0 Å². The molecule has 16 heavy (non-hydrogen) atoms. The maximum absolute atomic E-state index is 11.2. The smallest absolute Gasteiger partial charge is 0.207 e. The molecule has 4 heteroatoms. The lowest BCUT2D eigenvalue weighted by Gasteiger charge is -2.22.